The third-order valence-corrected chi connectivity index (χ3v) is 28.7. The van der Waals surface area contributed by atoms with Crippen molar-refractivity contribution in [2.45, 2.75) is 298 Å². The smallest absolute Gasteiger partial charge is 0.409 e. The first kappa shape index (κ1) is 114. The molecular formula is C100H132N18O25S3. The highest BCUT2D eigenvalue weighted by atomic mass is 32.1. The molecule has 146 heavy (non-hydrogen) atoms. The van der Waals surface area contributed by atoms with Crippen LogP contribution in [0.15, 0.2) is 112 Å². The van der Waals surface area contributed by atoms with Crippen molar-refractivity contribution in [3.63, 3.8) is 0 Å². The predicted octanol–water partition coefficient (Wildman–Crippen LogP) is 2.80. The lowest BCUT2D eigenvalue weighted by Gasteiger charge is -2.38. The second kappa shape index (κ2) is 52.1. The maximum Gasteiger partial charge on any atom is 0.409 e. The van der Waals surface area contributed by atoms with Crippen molar-refractivity contribution in [1.29, 1.82) is 0 Å². The number of cyclic esters (lactones) is 1. The van der Waals surface area contributed by atoms with Crippen molar-refractivity contribution in [2.75, 3.05) is 32.8 Å². The van der Waals surface area contributed by atoms with Crippen LogP contribution in [0, 0.1) is 5.41 Å². The average molecular weight is 2080 g/mol. The topological polar surface area (TPSA) is 641 Å². The van der Waals surface area contributed by atoms with E-state index in [1.807, 2.05) is 18.2 Å². The van der Waals surface area contributed by atoms with Crippen LogP contribution in [0.25, 0.3) is 10.1 Å². The fraction of sp³-hybridized carbons (Fsp3) is 0.530. The number of carboxylic acids is 3. The molecule has 2 aromatic carbocycles. The molecule has 5 aliphatic rings. The molecule has 5 aromatic rings. The quantitative estimate of drug-likeness (QED) is 0.0595. The number of carbonyl (C=O) groups is 21. The zero-order valence-electron chi connectivity index (χ0n) is 82.8. The summed E-state index contributed by atoms with van der Waals surface area (Å²) >= 11 is 3.84. The van der Waals surface area contributed by atoms with Crippen LogP contribution in [-0.2, 0) is 122 Å². The van der Waals surface area contributed by atoms with Crippen LogP contribution < -0.4 is 85.5 Å². The Morgan fingerprint density at radius 2 is 1.09 bits per heavy atom. The number of allylic oxidation sites excluding steroid dienone is 3. The maximum atomic E-state index is 16.1. The zero-order chi connectivity index (χ0) is 107. The summed E-state index contributed by atoms with van der Waals surface area (Å²) in [4.78, 5) is 308. The van der Waals surface area contributed by atoms with Gasteiger partial charge in [-0.3, -0.25) is 91.1 Å². The van der Waals surface area contributed by atoms with Crippen LogP contribution in [0.5, 0.6) is 0 Å². The lowest BCUT2D eigenvalue weighted by atomic mass is 9.83. The number of nitrogens with two attached hydrogens (primary N) is 1. The number of thiophene rings is 3. The summed E-state index contributed by atoms with van der Waals surface area (Å²) in [6.45, 7) is 10.2. The van der Waals surface area contributed by atoms with Crippen LogP contribution in [0.3, 0.4) is 0 Å². The van der Waals surface area contributed by atoms with Gasteiger partial charge in [0.05, 0.1) is 31.6 Å². The Balaban J connectivity index is 1.04. The van der Waals surface area contributed by atoms with E-state index in [4.69, 9.17) is 10.5 Å². The summed E-state index contributed by atoms with van der Waals surface area (Å²) in [5, 5.41) is 80.5. The second-order valence-corrected chi connectivity index (χ2v) is 41.9. The number of nitrogens with zero attached hydrogens (tertiary/aromatic N) is 2. The normalized spacial score (nSPS) is 26.8. The molecule has 3 bridgehead atoms. The van der Waals surface area contributed by atoms with Gasteiger partial charge in [0.1, 0.15) is 88.6 Å². The number of primary amides is 1. The number of hydrogen-bond donors (Lipinski definition) is 19. The van der Waals surface area contributed by atoms with Gasteiger partial charge in [0.2, 0.25) is 100 Å². The molecule has 14 atom stereocenters. The summed E-state index contributed by atoms with van der Waals surface area (Å²) < 4.78 is 6.71. The molecular weight excluding hydrogens is 1950 g/mol. The van der Waals surface area contributed by atoms with Gasteiger partial charge in [-0.05, 0) is 227 Å². The molecule has 3 aromatic heterocycles. The summed E-state index contributed by atoms with van der Waals surface area (Å²) in [5.74, 6) is -21.3. The number of hydrogen-bond acceptors (Lipinski definition) is 25. The number of rotatable bonds is 17. The summed E-state index contributed by atoms with van der Waals surface area (Å²) in [7, 11) is 0. The lowest BCUT2D eigenvalue weighted by molar-refractivity contribution is -0.146. The van der Waals surface area contributed by atoms with Crippen molar-refractivity contribution >= 4 is 169 Å². The van der Waals surface area contributed by atoms with Crippen molar-refractivity contribution in [2.24, 2.45) is 11.1 Å². The molecule has 20 N–H and O–H groups in total. The number of carboxylic acid groups (broad SMARTS) is 3. The van der Waals surface area contributed by atoms with E-state index in [0.717, 1.165) is 15.0 Å². The minimum absolute atomic E-state index is 0.00142. The molecule has 46 heteroatoms. The fourth-order valence-corrected chi connectivity index (χ4v) is 20.5. The number of likely N-dealkylation sites (tertiary alicyclic amines) is 1. The first-order valence-corrected chi connectivity index (χ1v) is 51.5. The Hall–Kier alpha value is -14.0. The number of aromatic carboxylic acids is 1. The highest BCUT2D eigenvalue weighted by Gasteiger charge is 2.53. The average Bonchev–Trinajstić information content (AvgIpc) is 1.54. The minimum atomic E-state index is -2.22. The van der Waals surface area contributed by atoms with Crippen molar-refractivity contribution in [3.05, 3.63) is 140 Å². The van der Waals surface area contributed by atoms with Crippen LogP contribution in [0.1, 0.15) is 216 Å². The highest BCUT2D eigenvalue weighted by molar-refractivity contribution is 7.17. The van der Waals surface area contributed by atoms with Crippen molar-refractivity contribution < 1.29 is 121 Å². The van der Waals surface area contributed by atoms with Gasteiger partial charge in [-0.15, -0.1) is 11.3 Å². The fourth-order valence-electron chi connectivity index (χ4n) is 18.1. The van der Waals surface area contributed by atoms with E-state index in [-0.39, 0.29) is 159 Å². The van der Waals surface area contributed by atoms with E-state index >= 15 is 43.2 Å². The molecule has 3 spiro atoms. The third-order valence-electron chi connectivity index (χ3n) is 26.2. The number of aliphatic carboxylic acids is 2. The largest absolute Gasteiger partial charge is 0.481 e. The van der Waals surface area contributed by atoms with Crippen molar-refractivity contribution in [3.8, 4) is 0 Å². The van der Waals surface area contributed by atoms with Gasteiger partial charge in [-0.25, -0.2) is 9.59 Å². The first-order chi connectivity index (χ1) is 69.2. The zero-order valence-corrected chi connectivity index (χ0v) is 85.3. The van der Waals surface area contributed by atoms with E-state index in [2.05, 4.69) is 79.8 Å². The molecule has 3 saturated heterocycles. The van der Waals surface area contributed by atoms with Gasteiger partial charge >= 0.3 is 24.0 Å². The van der Waals surface area contributed by atoms with Gasteiger partial charge in [0.15, 0.2) is 0 Å². The first-order valence-electron chi connectivity index (χ1n) is 48.8. The third kappa shape index (κ3) is 32.2. The van der Waals surface area contributed by atoms with Gasteiger partial charge in [0, 0.05) is 63.4 Å². The van der Waals surface area contributed by atoms with E-state index in [9.17, 15) is 72.9 Å². The van der Waals surface area contributed by atoms with E-state index < -0.39 is 251 Å². The molecule has 5 aliphatic heterocycles. The van der Waals surface area contributed by atoms with Crippen LogP contribution >= 0.6 is 34.0 Å². The molecule has 790 valence electrons. The van der Waals surface area contributed by atoms with Crippen LogP contribution in [0.4, 0.5) is 4.79 Å². The van der Waals surface area contributed by atoms with Crippen molar-refractivity contribution in [1.82, 2.24) is 89.6 Å². The van der Waals surface area contributed by atoms with Gasteiger partial charge in [-0.1, -0.05) is 75.4 Å². The molecule has 0 saturated carbocycles. The SMILES string of the molecule is CC(=O)N1CCC[C@]12C/C=C\CCC[C@@]1(CCC/C=C/CCCOC(=O)N3CC[C@@]4(C3)NC(=O)[C@H](CCCCNC(=O)CC[C@@H](C(=O)N[C@@H](C)C(N)=O)NC(=O)[C@H](Cc3csc5ccccc35)NC(=O)[C@H](Cc3ccsc3)NC4=O)NC(=O)[C@H](Cc3ccsc3)NC(=O)[C@H](C)NC(=O)C(C)(C)NC(=O)[C@H](Cc3cccc(C(=O)O)c3)NC(=O)[C@H](CC(=O)O)NC1=O)NC(=O)[C@H](CC(C)(C)C)NC(=O)[C@H](CC(=O)O)NC2=O. The molecule has 3 fully saturated rings. The minimum Gasteiger partial charge on any atom is -0.481 e. The molecule has 0 aliphatic carbocycles. The number of ether oxygens (including phenoxy) is 1. The van der Waals surface area contributed by atoms with E-state index in [1.54, 1.807) is 90.2 Å². The molecule has 10 rings (SSSR count). The molecule has 0 unspecified atom stereocenters. The Kier molecular flexibility index (Phi) is 40.7. The summed E-state index contributed by atoms with van der Waals surface area (Å²) in [6.07, 6.45) is 0.897. The Labute approximate surface area is 855 Å². The highest BCUT2D eigenvalue weighted by Crippen LogP contribution is 2.36. The number of fused-ring (bicyclic) bond motifs is 4. The standard InChI is InChI=1S/C100H132N18O25S3/c1-57(79(101)125)103-81(127)67-30-31-76(120)102-39-21-17-28-66-87(133)116-99(93(140)111-69(48-62-33-44-145-54-62)83(129)109-71(84(130)106-67)49-64-55-146-75-29-16-15-27-65(64)75)38-41-117(56-99)95(142)143-42-22-14-10-9-11-18-34-98(35-19-12-13-20-36-100(37-24-40-118(100)59(3)119)94(141)113-73(51-78(123)124)86(132)110-74(89(135)115-98)52-96(4,5)6)92(139)112-72(50-77(121)122)85(131)108-70(46-60-25-23-26-63(45-60)90(136)137)88(134)114-97(7,8)91(138)104-58(2)80(126)107-68(82(128)105-66)47-61-32-43-144-53-61/h9-10,13,15-16,20,23,25-27,29,32-33,43-45,53-55,57-58,66-74H,11-12,14,17-19,21-22,24,28,30-31,34-42,46-52,56H2,1-8H3,(H2,101,125)(H,102,120)(H,103,127)(H,104,138)(H,105,128)(H,106,130)(H,107,126)(H,108,131)(H,109,129)(H,110,132)(H,111,140)(H,112,139)(H,113,141)(H,114,134)(H,115,135)(H,116,133)(H,121,122)(H,123,124)(H,136,137)/b10-9+,20-13-/t57-,58-,66-,67-,68-,69-,70-,71-,72-,73-,74-,98+,99-,100-/m0/s1. The molecule has 0 radical (unpaired) electrons. The summed E-state index contributed by atoms with van der Waals surface area (Å²) in [5.41, 5.74) is -2.06. The number of benzene rings is 2. The van der Waals surface area contributed by atoms with Gasteiger partial charge in [0.25, 0.3) is 0 Å². The second-order valence-electron chi connectivity index (χ2n) is 39.4. The number of amides is 18. The summed E-state index contributed by atoms with van der Waals surface area (Å²) in [6, 6.07) is -2.68. The van der Waals surface area contributed by atoms with Crippen LogP contribution in [0.2, 0.25) is 0 Å². The Morgan fingerprint density at radius 1 is 0.534 bits per heavy atom. The van der Waals surface area contributed by atoms with Crippen LogP contribution in [-0.4, -0.2) is 271 Å². The Bertz CT molecular complexity index is 5700. The van der Waals surface area contributed by atoms with E-state index in [0.29, 0.717) is 23.1 Å². The van der Waals surface area contributed by atoms with Gasteiger partial charge < -0.3 is 115 Å². The van der Waals surface area contributed by atoms with Gasteiger partial charge in [-0.2, -0.15) is 22.7 Å². The predicted molar refractivity (Wildman–Crippen MR) is 536 cm³/mol. The number of nitrogens with one attached hydrogen (secondary N) is 15. The maximum absolute atomic E-state index is 16.1. The van der Waals surface area contributed by atoms with E-state index in [1.165, 1.54) is 97.8 Å². The molecule has 8 heterocycles. The molecule has 43 nitrogen and oxygen atoms in total. The Morgan fingerprint density at radius 3 is 1.71 bits per heavy atom. The molecule has 18 amide bonds. The lowest BCUT2D eigenvalue weighted by Crippen LogP contribution is -2.66. The monoisotopic (exact) mass is 2080 g/mol. The number of carbonyl (C=O) groups excluding carboxylic acids is 18.